The van der Waals surface area contributed by atoms with Crippen LogP contribution in [0.2, 0.25) is 0 Å². The summed E-state index contributed by atoms with van der Waals surface area (Å²) in [6.07, 6.45) is 6.26. The molecule has 0 bridgehead atoms. The van der Waals surface area contributed by atoms with Crippen LogP contribution in [0.4, 0.5) is 0 Å². The number of allylic oxidation sites excluding steroid dienone is 1. The molecular formula is C22H42O2S4. The van der Waals surface area contributed by atoms with Crippen molar-refractivity contribution in [3.05, 3.63) is 24.8 Å². The minimum Gasteiger partial charge on any atom is -0.307 e. The Bertz CT molecular complexity index is 425. The Labute approximate surface area is 192 Å². The minimum atomic E-state index is 0.139. The van der Waals surface area contributed by atoms with E-state index in [2.05, 4.69) is 77.6 Å². The van der Waals surface area contributed by atoms with Crippen LogP contribution in [-0.2, 0) is 9.59 Å². The largest absolute Gasteiger partial charge is 0.307 e. The van der Waals surface area contributed by atoms with Gasteiger partial charge in [-0.1, -0.05) is 65.5 Å². The van der Waals surface area contributed by atoms with Crippen LogP contribution < -0.4 is 0 Å². The van der Waals surface area contributed by atoms with Gasteiger partial charge in [0.2, 0.25) is 5.12 Å². The average molecular weight is 467 g/mol. The molecular weight excluding hydrogens is 425 g/mol. The Kier molecular flexibility index (Phi) is 24.1. The lowest BCUT2D eigenvalue weighted by Gasteiger charge is -2.32. The van der Waals surface area contributed by atoms with Crippen molar-refractivity contribution in [3.8, 4) is 0 Å². The summed E-state index contributed by atoms with van der Waals surface area (Å²) >= 11 is 7.63. The van der Waals surface area contributed by atoms with Gasteiger partial charge in [0, 0.05) is 22.0 Å². The molecule has 0 aromatic rings. The molecule has 166 valence electrons. The SMILES string of the molecule is C=C(C)C(=O)SC(C)CC(C)(C)C1SCC(CSC)S1.C=CC.C=O.CCC. The quantitative estimate of drug-likeness (QED) is 0.284. The summed E-state index contributed by atoms with van der Waals surface area (Å²) in [6, 6.07) is 0. The third kappa shape index (κ3) is 17.1. The van der Waals surface area contributed by atoms with Crippen LogP contribution in [0.25, 0.3) is 0 Å². The Balaban J connectivity index is -0.000000675. The normalized spacial score (nSPS) is 18.9. The molecule has 0 spiro atoms. The molecule has 1 saturated heterocycles. The highest BCUT2D eigenvalue weighted by Crippen LogP contribution is 2.50. The minimum absolute atomic E-state index is 0.139. The van der Waals surface area contributed by atoms with Crippen LogP contribution in [0.1, 0.15) is 61.3 Å². The number of hydrogen-bond acceptors (Lipinski definition) is 6. The van der Waals surface area contributed by atoms with E-state index in [0.717, 1.165) is 11.7 Å². The molecule has 1 aliphatic heterocycles. The van der Waals surface area contributed by atoms with E-state index >= 15 is 0 Å². The lowest BCUT2D eigenvalue weighted by molar-refractivity contribution is -0.107. The molecule has 0 amide bonds. The van der Waals surface area contributed by atoms with Crippen LogP contribution in [0.15, 0.2) is 24.8 Å². The van der Waals surface area contributed by atoms with E-state index in [0.29, 0.717) is 15.4 Å². The van der Waals surface area contributed by atoms with Gasteiger partial charge in [0.15, 0.2) is 0 Å². The maximum absolute atomic E-state index is 11.7. The van der Waals surface area contributed by atoms with Gasteiger partial charge in [-0.15, -0.1) is 30.1 Å². The third-order valence-electron chi connectivity index (χ3n) is 3.21. The highest BCUT2D eigenvalue weighted by molar-refractivity contribution is 8.21. The first-order valence-corrected chi connectivity index (χ1v) is 13.8. The van der Waals surface area contributed by atoms with Crippen molar-refractivity contribution in [1.29, 1.82) is 0 Å². The number of thioether (sulfide) groups is 4. The molecule has 0 aliphatic carbocycles. The van der Waals surface area contributed by atoms with Crippen molar-refractivity contribution in [1.82, 2.24) is 0 Å². The zero-order chi connectivity index (χ0) is 22.8. The second-order valence-corrected chi connectivity index (χ2v) is 12.4. The fourth-order valence-electron chi connectivity index (χ4n) is 2.29. The van der Waals surface area contributed by atoms with E-state index in [9.17, 15) is 4.79 Å². The van der Waals surface area contributed by atoms with Crippen LogP contribution in [0.3, 0.4) is 0 Å². The first-order valence-electron chi connectivity index (χ1n) is 9.57. The Morgan fingerprint density at radius 2 is 1.79 bits per heavy atom. The molecule has 28 heavy (non-hydrogen) atoms. The molecule has 0 saturated carbocycles. The van der Waals surface area contributed by atoms with E-state index in [1.54, 1.807) is 13.0 Å². The Hall–Kier alpha value is 0.220. The Morgan fingerprint density at radius 1 is 1.32 bits per heavy atom. The predicted octanol–water partition coefficient (Wildman–Crippen LogP) is 7.59. The first-order chi connectivity index (χ1) is 13.1. The summed E-state index contributed by atoms with van der Waals surface area (Å²) in [5, 5.41) is 1.29. The molecule has 1 heterocycles. The van der Waals surface area contributed by atoms with Crippen molar-refractivity contribution >= 4 is 59.0 Å². The van der Waals surface area contributed by atoms with E-state index in [1.165, 1.54) is 29.7 Å². The Morgan fingerprint density at radius 3 is 2.18 bits per heavy atom. The fourth-order valence-corrected chi connectivity index (χ4v) is 8.17. The van der Waals surface area contributed by atoms with Crippen molar-refractivity contribution in [2.45, 2.75) is 76.4 Å². The molecule has 0 N–H and O–H groups in total. The molecule has 3 atom stereocenters. The van der Waals surface area contributed by atoms with Gasteiger partial charge in [-0.2, -0.15) is 11.8 Å². The summed E-state index contributed by atoms with van der Waals surface area (Å²) in [5.41, 5.74) is 0.925. The molecule has 6 heteroatoms. The average Bonchev–Trinajstić information content (AvgIpc) is 3.07. The molecule has 0 aromatic carbocycles. The topological polar surface area (TPSA) is 34.1 Å². The first kappa shape index (κ1) is 32.9. The van der Waals surface area contributed by atoms with Crippen molar-refractivity contribution in [2.24, 2.45) is 5.41 Å². The van der Waals surface area contributed by atoms with Gasteiger partial charge in [-0.25, -0.2) is 0 Å². The third-order valence-corrected chi connectivity index (χ3v) is 9.38. The van der Waals surface area contributed by atoms with Gasteiger partial charge in [0.25, 0.3) is 0 Å². The maximum atomic E-state index is 11.7. The highest BCUT2D eigenvalue weighted by Gasteiger charge is 2.38. The molecule has 0 radical (unpaired) electrons. The molecule has 2 nitrogen and oxygen atoms in total. The lowest BCUT2D eigenvalue weighted by atomic mass is 9.90. The number of carbonyl (C=O) groups excluding carboxylic acids is 2. The number of carbonyl (C=O) groups is 2. The molecule has 1 fully saturated rings. The van der Waals surface area contributed by atoms with E-state index in [-0.39, 0.29) is 10.5 Å². The summed E-state index contributed by atoms with van der Waals surface area (Å²) in [5.74, 6) is 2.52. The molecule has 3 unspecified atom stereocenters. The second kappa shape index (κ2) is 20.5. The van der Waals surface area contributed by atoms with Gasteiger partial charge < -0.3 is 4.79 Å². The molecule has 0 aromatic heterocycles. The monoisotopic (exact) mass is 466 g/mol. The zero-order valence-electron chi connectivity index (χ0n) is 19.2. The van der Waals surface area contributed by atoms with Crippen LogP contribution in [-0.4, -0.2) is 44.7 Å². The maximum Gasteiger partial charge on any atom is 0.214 e. The number of rotatable bonds is 7. The van der Waals surface area contributed by atoms with Crippen molar-refractivity contribution in [3.63, 3.8) is 0 Å². The van der Waals surface area contributed by atoms with Gasteiger partial charge in [-0.3, -0.25) is 4.79 Å². The predicted molar refractivity (Wildman–Crippen MR) is 140 cm³/mol. The van der Waals surface area contributed by atoms with Crippen LogP contribution >= 0.6 is 47.0 Å². The standard InChI is InChI=1S/C15H26OS4.C3H8.C3H6.CH2O/c1-10(2)13(16)19-11(3)7-15(4,5)14-18-9-12(20-14)8-17-6;2*1-3-2;1-2/h11-12,14H,1,7-9H2,2-6H3;3H2,1-2H3;3H,1H2,2H3;1H2. The summed E-state index contributed by atoms with van der Waals surface area (Å²) < 4.78 is 0.655. The zero-order valence-corrected chi connectivity index (χ0v) is 22.5. The summed E-state index contributed by atoms with van der Waals surface area (Å²) in [4.78, 5) is 19.7. The fraction of sp³-hybridized carbons (Fsp3) is 0.727. The van der Waals surface area contributed by atoms with Crippen LogP contribution in [0, 0.1) is 5.41 Å². The van der Waals surface area contributed by atoms with E-state index < -0.39 is 0 Å². The van der Waals surface area contributed by atoms with E-state index in [1.807, 2.05) is 25.5 Å². The highest BCUT2D eigenvalue weighted by atomic mass is 32.2. The van der Waals surface area contributed by atoms with E-state index in [4.69, 9.17) is 4.79 Å². The van der Waals surface area contributed by atoms with Gasteiger partial charge in [0.1, 0.15) is 6.79 Å². The molecule has 1 rings (SSSR count). The summed E-state index contributed by atoms with van der Waals surface area (Å²) in [7, 11) is 0. The van der Waals surface area contributed by atoms with Crippen molar-refractivity contribution < 1.29 is 9.59 Å². The molecule has 1 aliphatic rings. The van der Waals surface area contributed by atoms with Crippen molar-refractivity contribution in [2.75, 3.05) is 17.8 Å². The smallest absolute Gasteiger partial charge is 0.214 e. The van der Waals surface area contributed by atoms with Gasteiger partial charge >= 0.3 is 0 Å². The lowest BCUT2D eigenvalue weighted by Crippen LogP contribution is -2.26. The van der Waals surface area contributed by atoms with Gasteiger partial charge in [0.05, 0.1) is 4.58 Å². The number of hydrogen-bond donors (Lipinski definition) is 0. The summed E-state index contributed by atoms with van der Waals surface area (Å²) in [6.45, 7) is 23.9. The second-order valence-electron chi connectivity index (χ2n) is 7.18. The van der Waals surface area contributed by atoms with Gasteiger partial charge in [-0.05, 0) is 37.5 Å². The van der Waals surface area contributed by atoms with Crippen LogP contribution in [0.5, 0.6) is 0 Å².